The Morgan fingerprint density at radius 1 is 0.660 bits per heavy atom. The Labute approximate surface area is 278 Å². The molecule has 0 aliphatic rings. The number of alkyl halides is 11. The second kappa shape index (κ2) is 16.6. The SMILES string of the molecule is CCCCCCCCCCOc1ccc(OC(=O)c2c(F)c(F)c(OC(=O)C(F)(OC(F)(F)C(F)(F)C(F)(F)F)C(F)(F)F)c(F)c2Cl)cc1. The fourth-order valence-electron chi connectivity index (χ4n) is 3.85. The number of hydrogen-bond acceptors (Lipinski definition) is 6. The van der Waals surface area contributed by atoms with Crippen molar-refractivity contribution in [2.45, 2.75) is 88.5 Å². The number of carbonyl (C=O) groups excluding carboxylic acids is 2. The molecule has 0 N–H and O–H groups in total. The molecule has 50 heavy (non-hydrogen) atoms. The van der Waals surface area contributed by atoms with Crippen LogP contribution in [0.15, 0.2) is 24.3 Å². The maximum atomic E-state index is 14.7. The lowest BCUT2D eigenvalue weighted by atomic mass is 10.1. The highest BCUT2D eigenvalue weighted by Gasteiger charge is 2.80. The van der Waals surface area contributed by atoms with E-state index in [9.17, 15) is 71.1 Å². The van der Waals surface area contributed by atoms with Crippen molar-refractivity contribution in [2.24, 2.45) is 0 Å². The van der Waals surface area contributed by atoms with Crippen LogP contribution in [-0.2, 0) is 9.53 Å². The number of halogens is 15. The van der Waals surface area contributed by atoms with Crippen LogP contribution in [0.25, 0.3) is 0 Å². The van der Waals surface area contributed by atoms with Gasteiger partial charge in [0.1, 0.15) is 17.1 Å². The molecule has 0 aromatic heterocycles. The fraction of sp³-hybridized carbons (Fsp3) is 0.517. The summed E-state index contributed by atoms with van der Waals surface area (Å²) in [7, 11) is 0. The van der Waals surface area contributed by atoms with Gasteiger partial charge in [-0.1, -0.05) is 63.5 Å². The first-order chi connectivity index (χ1) is 22.9. The molecule has 0 heterocycles. The van der Waals surface area contributed by atoms with Crippen LogP contribution in [-0.4, -0.2) is 48.8 Å². The third-order valence-corrected chi connectivity index (χ3v) is 6.90. The average Bonchev–Trinajstić information content (AvgIpc) is 3.00. The molecule has 2 aromatic carbocycles. The number of unbranched alkanes of at least 4 members (excludes halogenated alkanes) is 7. The minimum Gasteiger partial charge on any atom is -0.494 e. The van der Waals surface area contributed by atoms with Gasteiger partial charge in [-0.15, -0.1) is 0 Å². The van der Waals surface area contributed by atoms with Gasteiger partial charge in [0.2, 0.25) is 11.6 Å². The Morgan fingerprint density at radius 2 is 1.16 bits per heavy atom. The first-order valence-corrected chi connectivity index (χ1v) is 14.6. The highest BCUT2D eigenvalue weighted by molar-refractivity contribution is 6.34. The van der Waals surface area contributed by atoms with Crippen LogP contribution in [0.1, 0.15) is 68.6 Å². The van der Waals surface area contributed by atoms with Gasteiger partial charge in [0.25, 0.3) is 0 Å². The predicted octanol–water partition coefficient (Wildman–Crippen LogP) is 10.4. The lowest BCUT2D eigenvalue weighted by Crippen LogP contribution is -2.62. The van der Waals surface area contributed by atoms with Gasteiger partial charge < -0.3 is 14.2 Å². The fourth-order valence-corrected chi connectivity index (χ4v) is 4.09. The third kappa shape index (κ3) is 9.82. The van der Waals surface area contributed by atoms with E-state index in [0.29, 0.717) is 6.61 Å². The number of rotatable bonds is 17. The second-order valence-electron chi connectivity index (χ2n) is 10.3. The van der Waals surface area contributed by atoms with E-state index in [-0.39, 0.29) is 5.75 Å². The van der Waals surface area contributed by atoms with Crippen LogP contribution in [0.5, 0.6) is 17.2 Å². The lowest BCUT2D eigenvalue weighted by Gasteiger charge is -2.33. The minimum atomic E-state index is -7.59. The van der Waals surface area contributed by atoms with Crippen LogP contribution < -0.4 is 14.2 Å². The Balaban J connectivity index is 2.21. The molecule has 0 aliphatic heterocycles. The van der Waals surface area contributed by atoms with Gasteiger partial charge in [-0.25, -0.2) is 18.4 Å². The monoisotopic (exact) mass is 770 g/mol. The maximum absolute atomic E-state index is 14.7. The summed E-state index contributed by atoms with van der Waals surface area (Å²) in [5.41, 5.74) is -1.84. The summed E-state index contributed by atoms with van der Waals surface area (Å²) in [4.78, 5) is 24.3. The Kier molecular flexibility index (Phi) is 14.2. The van der Waals surface area contributed by atoms with E-state index in [1.807, 2.05) is 4.74 Å². The quantitative estimate of drug-likeness (QED) is 0.0525. The molecule has 0 saturated carbocycles. The highest BCUT2D eigenvalue weighted by Crippen LogP contribution is 2.51. The van der Waals surface area contributed by atoms with Crippen molar-refractivity contribution in [3.63, 3.8) is 0 Å². The maximum Gasteiger partial charge on any atom is 0.462 e. The van der Waals surface area contributed by atoms with Crippen molar-refractivity contribution in [3.05, 3.63) is 52.3 Å². The number of hydrogen-bond donors (Lipinski definition) is 0. The molecule has 0 spiro atoms. The molecule has 0 fully saturated rings. The zero-order chi connectivity index (χ0) is 38.3. The van der Waals surface area contributed by atoms with Crippen molar-refractivity contribution >= 4 is 23.5 Å². The average molecular weight is 771 g/mol. The van der Waals surface area contributed by atoms with E-state index in [4.69, 9.17) is 21.1 Å². The van der Waals surface area contributed by atoms with Gasteiger partial charge >= 0.3 is 42.2 Å². The standard InChI is InChI=1S/C29H25ClF14O6/c1-2-3-4-5-6-7-8-9-14-47-15-10-12-16(13-11-15)48-23(45)17-18(30)20(32)22(21(33)19(17)31)49-24(46)25(34,27(37,38)39)50-29(43,44)26(35,36)28(40,41)42/h10-13H,2-9,14H2,1H3. The molecule has 2 rings (SSSR count). The molecule has 6 nitrogen and oxygen atoms in total. The van der Waals surface area contributed by atoms with Crippen LogP contribution in [0.3, 0.4) is 0 Å². The first kappa shape index (κ1) is 42.6. The van der Waals surface area contributed by atoms with Gasteiger partial charge in [0, 0.05) is 0 Å². The summed E-state index contributed by atoms with van der Waals surface area (Å²) in [6.45, 7) is 2.43. The molecular formula is C29H25ClF14O6. The summed E-state index contributed by atoms with van der Waals surface area (Å²) in [5.74, 6) is -31.9. The molecule has 0 amide bonds. The van der Waals surface area contributed by atoms with E-state index in [1.165, 1.54) is 18.6 Å². The van der Waals surface area contributed by atoms with Crippen molar-refractivity contribution in [3.8, 4) is 17.2 Å². The summed E-state index contributed by atoms with van der Waals surface area (Å²) in [6.07, 6.45) is -13.9. The smallest absolute Gasteiger partial charge is 0.462 e. The van der Waals surface area contributed by atoms with Crippen molar-refractivity contribution in [1.29, 1.82) is 0 Å². The normalized spacial score (nSPS) is 13.9. The molecule has 1 unspecified atom stereocenters. The van der Waals surface area contributed by atoms with E-state index in [2.05, 4.69) is 11.7 Å². The zero-order valence-corrected chi connectivity index (χ0v) is 26.0. The van der Waals surface area contributed by atoms with Gasteiger partial charge in [-0.05, 0) is 30.7 Å². The van der Waals surface area contributed by atoms with Crippen molar-refractivity contribution < 1.29 is 90.0 Å². The Hall–Kier alpha value is -3.55. The molecule has 0 radical (unpaired) electrons. The Morgan fingerprint density at radius 3 is 1.66 bits per heavy atom. The second-order valence-corrected chi connectivity index (χ2v) is 10.7. The van der Waals surface area contributed by atoms with Gasteiger partial charge in [-0.2, -0.15) is 52.7 Å². The van der Waals surface area contributed by atoms with Crippen LogP contribution in [0.4, 0.5) is 61.5 Å². The number of esters is 2. The molecular weight excluding hydrogens is 746 g/mol. The number of ether oxygens (including phenoxy) is 4. The molecule has 0 bridgehead atoms. The Bertz CT molecular complexity index is 1450. The van der Waals surface area contributed by atoms with Crippen molar-refractivity contribution in [2.75, 3.05) is 6.61 Å². The number of carbonyl (C=O) groups is 2. The van der Waals surface area contributed by atoms with Gasteiger partial charge in [-0.3, -0.25) is 4.74 Å². The molecule has 282 valence electrons. The zero-order valence-electron chi connectivity index (χ0n) is 25.3. The summed E-state index contributed by atoms with van der Waals surface area (Å²) in [5, 5.41) is -1.92. The van der Waals surface area contributed by atoms with Crippen LogP contribution in [0, 0.1) is 17.5 Å². The van der Waals surface area contributed by atoms with Gasteiger partial charge in [0.05, 0.1) is 11.6 Å². The molecule has 0 saturated heterocycles. The van der Waals surface area contributed by atoms with Gasteiger partial charge in [0.15, 0.2) is 11.6 Å². The summed E-state index contributed by atoms with van der Waals surface area (Å²) >= 11 is 5.41. The van der Waals surface area contributed by atoms with E-state index < -0.39 is 81.7 Å². The molecule has 0 aliphatic carbocycles. The summed E-state index contributed by atoms with van der Waals surface area (Å²) < 4.78 is 203. The van der Waals surface area contributed by atoms with Crippen molar-refractivity contribution in [1.82, 2.24) is 0 Å². The van der Waals surface area contributed by atoms with Crippen LogP contribution in [0.2, 0.25) is 5.02 Å². The molecule has 21 heteroatoms. The first-order valence-electron chi connectivity index (χ1n) is 14.2. The summed E-state index contributed by atoms with van der Waals surface area (Å²) in [6, 6.07) is 4.70. The van der Waals surface area contributed by atoms with E-state index in [1.54, 1.807) is 0 Å². The third-order valence-electron chi connectivity index (χ3n) is 6.54. The van der Waals surface area contributed by atoms with Crippen LogP contribution >= 0.6 is 11.6 Å². The van der Waals surface area contributed by atoms with E-state index in [0.717, 1.165) is 57.1 Å². The lowest BCUT2D eigenvalue weighted by molar-refractivity contribution is -0.474. The molecule has 2 aromatic rings. The largest absolute Gasteiger partial charge is 0.494 e. The molecule has 1 atom stereocenters. The number of benzene rings is 2. The highest BCUT2D eigenvalue weighted by atomic mass is 35.5. The van der Waals surface area contributed by atoms with E-state index >= 15 is 0 Å². The predicted molar refractivity (Wildman–Crippen MR) is 143 cm³/mol. The minimum absolute atomic E-state index is 0.284. The topological polar surface area (TPSA) is 71.1 Å².